The molecule has 4 rings (SSSR count). The van der Waals surface area contributed by atoms with Crippen LogP contribution in [0.4, 0.5) is 0 Å². The van der Waals surface area contributed by atoms with Gasteiger partial charge in [0.1, 0.15) is 0 Å². The fourth-order valence-electron chi connectivity index (χ4n) is 5.04. The van der Waals surface area contributed by atoms with Gasteiger partial charge in [-0.15, -0.1) is 0 Å². The summed E-state index contributed by atoms with van der Waals surface area (Å²) in [7, 11) is 0. The van der Waals surface area contributed by atoms with Crippen molar-refractivity contribution in [1.82, 2.24) is 9.80 Å². The molecule has 2 fully saturated rings. The van der Waals surface area contributed by atoms with Crippen LogP contribution in [0.1, 0.15) is 75.9 Å². The first kappa shape index (κ1) is 23.2. The average Bonchev–Trinajstić information content (AvgIpc) is 3.14. The Hall–Kier alpha value is -2.95. The lowest BCUT2D eigenvalue weighted by molar-refractivity contribution is -0.136. The van der Waals surface area contributed by atoms with Crippen LogP contribution in [0.3, 0.4) is 0 Å². The number of nitrogens with zero attached hydrogens (tertiary/aromatic N) is 2. The zero-order valence-corrected chi connectivity index (χ0v) is 19.8. The van der Waals surface area contributed by atoms with E-state index in [0.717, 1.165) is 37.1 Å². The molecule has 2 aliphatic heterocycles. The average molecular weight is 447 g/mol. The molecule has 174 valence electrons. The minimum absolute atomic E-state index is 0.000954. The van der Waals surface area contributed by atoms with Crippen LogP contribution in [0.15, 0.2) is 42.5 Å². The largest absolute Gasteiger partial charge is 0.342 e. The van der Waals surface area contributed by atoms with Crippen molar-refractivity contribution in [2.24, 2.45) is 5.92 Å². The van der Waals surface area contributed by atoms with Gasteiger partial charge in [-0.3, -0.25) is 14.4 Å². The van der Waals surface area contributed by atoms with E-state index in [4.69, 9.17) is 0 Å². The summed E-state index contributed by atoms with van der Waals surface area (Å²) in [6.07, 6.45) is 5.97. The summed E-state index contributed by atoms with van der Waals surface area (Å²) < 4.78 is 0. The quantitative estimate of drug-likeness (QED) is 0.635. The van der Waals surface area contributed by atoms with Crippen molar-refractivity contribution in [1.29, 1.82) is 0 Å². The number of ketones is 1. The molecule has 5 nitrogen and oxygen atoms in total. The third-order valence-electron chi connectivity index (χ3n) is 7.09. The number of aryl methyl sites for hydroxylation is 2. The van der Waals surface area contributed by atoms with Crippen molar-refractivity contribution in [3.8, 4) is 0 Å². The molecule has 2 aromatic carbocycles. The van der Waals surface area contributed by atoms with Gasteiger partial charge in [0.05, 0.1) is 5.56 Å². The van der Waals surface area contributed by atoms with Crippen molar-refractivity contribution in [2.45, 2.75) is 52.4 Å². The second-order valence-corrected chi connectivity index (χ2v) is 9.50. The monoisotopic (exact) mass is 446 g/mol. The molecule has 2 amide bonds. The molecule has 0 radical (unpaired) electrons. The van der Waals surface area contributed by atoms with Crippen LogP contribution in [0.25, 0.3) is 0 Å². The van der Waals surface area contributed by atoms with E-state index < -0.39 is 0 Å². The topological polar surface area (TPSA) is 57.7 Å². The number of carbonyl (C=O) groups is 3. The van der Waals surface area contributed by atoms with Crippen molar-refractivity contribution in [3.05, 3.63) is 70.3 Å². The van der Waals surface area contributed by atoms with Gasteiger partial charge >= 0.3 is 0 Å². The van der Waals surface area contributed by atoms with E-state index in [0.29, 0.717) is 42.6 Å². The predicted octanol–water partition coefficient (Wildman–Crippen LogP) is 4.79. The van der Waals surface area contributed by atoms with E-state index >= 15 is 0 Å². The van der Waals surface area contributed by atoms with Crippen LogP contribution in [0, 0.1) is 19.8 Å². The van der Waals surface area contributed by atoms with Gasteiger partial charge in [-0.2, -0.15) is 0 Å². The van der Waals surface area contributed by atoms with E-state index in [-0.39, 0.29) is 23.5 Å². The normalized spacial score (nSPS) is 17.5. The Labute approximate surface area is 196 Å². The Morgan fingerprint density at radius 3 is 2.03 bits per heavy atom. The summed E-state index contributed by atoms with van der Waals surface area (Å²) in [6.45, 7) is 6.72. The molecule has 0 N–H and O–H groups in total. The smallest absolute Gasteiger partial charge is 0.254 e. The first-order valence-corrected chi connectivity index (χ1v) is 12.2. The maximum absolute atomic E-state index is 13.4. The number of hydrogen-bond acceptors (Lipinski definition) is 3. The van der Waals surface area contributed by atoms with Crippen LogP contribution in [0.2, 0.25) is 0 Å². The SMILES string of the molecule is Cc1ccc(C)c(C(=O)c2ccccc2C(=O)N2CCC(C(=O)N3CCCCCC3)CC2)c1. The second kappa shape index (κ2) is 10.3. The lowest BCUT2D eigenvalue weighted by atomic mass is 9.92. The Kier molecular flexibility index (Phi) is 7.26. The first-order chi connectivity index (χ1) is 16.0. The van der Waals surface area contributed by atoms with Gasteiger partial charge in [0.25, 0.3) is 5.91 Å². The fraction of sp³-hybridized carbons (Fsp3) is 0.464. The molecule has 2 aromatic rings. The van der Waals surface area contributed by atoms with Gasteiger partial charge < -0.3 is 9.80 Å². The Morgan fingerprint density at radius 2 is 1.36 bits per heavy atom. The van der Waals surface area contributed by atoms with Crippen LogP contribution >= 0.6 is 0 Å². The molecule has 0 aromatic heterocycles. The summed E-state index contributed by atoms with van der Waals surface area (Å²) in [5, 5.41) is 0. The number of piperidine rings is 1. The van der Waals surface area contributed by atoms with E-state index in [2.05, 4.69) is 0 Å². The lowest BCUT2D eigenvalue weighted by Gasteiger charge is -2.34. The molecule has 0 spiro atoms. The van der Waals surface area contributed by atoms with E-state index in [9.17, 15) is 14.4 Å². The zero-order chi connectivity index (χ0) is 23.4. The highest BCUT2D eigenvalue weighted by Crippen LogP contribution is 2.25. The highest BCUT2D eigenvalue weighted by atomic mass is 16.2. The molecule has 33 heavy (non-hydrogen) atoms. The highest BCUT2D eigenvalue weighted by molar-refractivity contribution is 6.16. The lowest BCUT2D eigenvalue weighted by Crippen LogP contribution is -2.45. The molecule has 0 unspecified atom stereocenters. The van der Waals surface area contributed by atoms with Gasteiger partial charge in [-0.05, 0) is 57.2 Å². The molecule has 2 saturated heterocycles. The summed E-state index contributed by atoms with van der Waals surface area (Å²) in [5.74, 6) is 0.0183. The predicted molar refractivity (Wildman–Crippen MR) is 129 cm³/mol. The third-order valence-corrected chi connectivity index (χ3v) is 7.09. The van der Waals surface area contributed by atoms with E-state index in [1.807, 2.05) is 43.0 Å². The molecule has 0 bridgehead atoms. The number of hydrogen-bond donors (Lipinski definition) is 0. The molecule has 0 atom stereocenters. The van der Waals surface area contributed by atoms with Crippen LogP contribution in [-0.2, 0) is 4.79 Å². The second-order valence-electron chi connectivity index (χ2n) is 9.50. The number of amides is 2. The Balaban J connectivity index is 1.46. The van der Waals surface area contributed by atoms with Crippen molar-refractivity contribution in [3.63, 3.8) is 0 Å². The summed E-state index contributed by atoms with van der Waals surface area (Å²) in [5.41, 5.74) is 3.45. The van der Waals surface area contributed by atoms with Gasteiger partial charge in [-0.1, -0.05) is 48.7 Å². The number of benzene rings is 2. The van der Waals surface area contributed by atoms with E-state index in [1.165, 1.54) is 12.8 Å². The first-order valence-electron chi connectivity index (χ1n) is 12.2. The van der Waals surface area contributed by atoms with Gasteiger partial charge in [-0.25, -0.2) is 0 Å². The minimum atomic E-state index is -0.120. The highest BCUT2D eigenvalue weighted by Gasteiger charge is 2.32. The van der Waals surface area contributed by atoms with Crippen LogP contribution < -0.4 is 0 Å². The zero-order valence-electron chi connectivity index (χ0n) is 19.8. The summed E-state index contributed by atoms with van der Waals surface area (Å²) in [6, 6.07) is 12.9. The standard InChI is InChI=1S/C28H34N2O3/c1-20-11-12-21(2)25(19-20)26(31)23-9-5-6-10-24(23)28(33)30-17-13-22(14-18-30)27(32)29-15-7-3-4-8-16-29/h5-6,9-12,19,22H,3-4,7-8,13-18H2,1-2H3. The maximum Gasteiger partial charge on any atom is 0.254 e. The molecule has 0 aliphatic carbocycles. The van der Waals surface area contributed by atoms with Crippen molar-refractivity contribution in [2.75, 3.05) is 26.2 Å². The van der Waals surface area contributed by atoms with Crippen LogP contribution in [0.5, 0.6) is 0 Å². The molecule has 0 saturated carbocycles. The molecule has 2 heterocycles. The minimum Gasteiger partial charge on any atom is -0.342 e. The van der Waals surface area contributed by atoms with Crippen LogP contribution in [-0.4, -0.2) is 53.6 Å². The summed E-state index contributed by atoms with van der Waals surface area (Å²) >= 11 is 0. The molecular weight excluding hydrogens is 412 g/mol. The molecule has 2 aliphatic rings. The molecular formula is C28H34N2O3. The Bertz CT molecular complexity index is 1030. The number of rotatable bonds is 4. The van der Waals surface area contributed by atoms with Gasteiger partial charge in [0.2, 0.25) is 5.91 Å². The molecule has 5 heteroatoms. The summed E-state index contributed by atoms with van der Waals surface area (Å²) in [4.78, 5) is 43.6. The number of likely N-dealkylation sites (tertiary alicyclic amines) is 2. The van der Waals surface area contributed by atoms with Crippen molar-refractivity contribution >= 4 is 17.6 Å². The Morgan fingerprint density at radius 1 is 0.727 bits per heavy atom. The van der Waals surface area contributed by atoms with Gasteiger partial charge in [0.15, 0.2) is 5.78 Å². The van der Waals surface area contributed by atoms with Crippen molar-refractivity contribution < 1.29 is 14.4 Å². The third kappa shape index (κ3) is 5.18. The fourth-order valence-corrected chi connectivity index (χ4v) is 5.04. The van der Waals surface area contributed by atoms with E-state index in [1.54, 1.807) is 23.1 Å². The van der Waals surface area contributed by atoms with Gasteiger partial charge in [0, 0.05) is 43.2 Å². The number of carbonyl (C=O) groups excluding carboxylic acids is 3. The maximum atomic E-state index is 13.4.